The molecule has 0 aromatic heterocycles. The molecule has 2 aromatic carbocycles. The zero-order valence-electron chi connectivity index (χ0n) is 14.9. The van der Waals surface area contributed by atoms with Crippen molar-refractivity contribution in [3.05, 3.63) is 64.6 Å². The van der Waals surface area contributed by atoms with Crippen LogP contribution in [0.1, 0.15) is 22.8 Å². The minimum atomic E-state index is -0.987. The molecule has 1 aliphatic rings. The van der Waals surface area contributed by atoms with Gasteiger partial charge < -0.3 is 9.84 Å². The normalized spacial score (nSPS) is 17.0. The summed E-state index contributed by atoms with van der Waals surface area (Å²) in [5.74, 6) is -0.330. The fourth-order valence-corrected chi connectivity index (χ4v) is 3.57. The van der Waals surface area contributed by atoms with E-state index in [4.69, 9.17) is 9.84 Å². The number of hydrogen-bond donors (Lipinski definition) is 1. The summed E-state index contributed by atoms with van der Waals surface area (Å²) in [5.41, 5.74) is 1.69. The van der Waals surface area contributed by atoms with E-state index in [2.05, 4.69) is 4.99 Å². The number of carbonyl (C=O) groups is 2. The topological polar surface area (TPSA) is 79.2 Å². The molecule has 0 unspecified atom stereocenters. The first-order valence-electron chi connectivity index (χ1n) is 8.29. The third-order valence-corrected chi connectivity index (χ3v) is 4.96. The molecule has 0 spiro atoms. The second-order valence-electron chi connectivity index (χ2n) is 5.68. The van der Waals surface area contributed by atoms with Gasteiger partial charge in [-0.2, -0.15) is 0 Å². The second-order valence-corrected chi connectivity index (χ2v) is 6.69. The molecule has 1 N–H and O–H groups in total. The van der Waals surface area contributed by atoms with E-state index in [0.29, 0.717) is 22.3 Å². The number of hydrogen-bond acceptors (Lipinski definition) is 5. The lowest BCUT2D eigenvalue weighted by atomic mass is 10.2. The summed E-state index contributed by atoms with van der Waals surface area (Å²) in [5, 5.41) is 9.55. The van der Waals surface area contributed by atoms with Crippen molar-refractivity contribution in [2.24, 2.45) is 4.99 Å². The van der Waals surface area contributed by atoms with Crippen LogP contribution in [0, 0.1) is 0 Å². The van der Waals surface area contributed by atoms with Gasteiger partial charge in [0.2, 0.25) is 0 Å². The minimum absolute atomic E-state index is 0.0979. The Bertz CT molecular complexity index is 918. The van der Waals surface area contributed by atoms with Gasteiger partial charge in [0, 0.05) is 6.54 Å². The van der Waals surface area contributed by atoms with Crippen LogP contribution in [-0.2, 0) is 4.79 Å². The summed E-state index contributed by atoms with van der Waals surface area (Å²) in [7, 11) is 1.61. The third kappa shape index (κ3) is 4.20. The first-order valence-corrected chi connectivity index (χ1v) is 9.11. The highest BCUT2D eigenvalue weighted by molar-refractivity contribution is 8.18. The SMILES string of the molecule is CCN1C(=O)C(=Cc2ccc(OC)cc2)SC1=Nc1ccc(C(=O)O)cc1. The molecule has 1 fully saturated rings. The molecular formula is C20H18N2O4S. The summed E-state index contributed by atoms with van der Waals surface area (Å²) in [6.07, 6.45) is 1.82. The molecule has 1 saturated heterocycles. The number of carboxylic acid groups (broad SMARTS) is 1. The lowest BCUT2D eigenvalue weighted by Crippen LogP contribution is -2.28. The van der Waals surface area contributed by atoms with Crippen molar-refractivity contribution < 1.29 is 19.4 Å². The van der Waals surface area contributed by atoms with E-state index >= 15 is 0 Å². The smallest absolute Gasteiger partial charge is 0.335 e. The predicted molar refractivity (Wildman–Crippen MR) is 106 cm³/mol. The molecule has 0 bridgehead atoms. The van der Waals surface area contributed by atoms with Crippen molar-refractivity contribution in [1.82, 2.24) is 4.90 Å². The van der Waals surface area contributed by atoms with Crippen molar-refractivity contribution in [2.45, 2.75) is 6.92 Å². The fraction of sp³-hybridized carbons (Fsp3) is 0.150. The van der Waals surface area contributed by atoms with Gasteiger partial charge >= 0.3 is 5.97 Å². The number of benzene rings is 2. The van der Waals surface area contributed by atoms with Crippen molar-refractivity contribution in [3.8, 4) is 5.75 Å². The highest BCUT2D eigenvalue weighted by Gasteiger charge is 2.32. The van der Waals surface area contributed by atoms with Crippen molar-refractivity contribution in [2.75, 3.05) is 13.7 Å². The van der Waals surface area contributed by atoms with Gasteiger partial charge in [-0.15, -0.1) is 0 Å². The van der Waals surface area contributed by atoms with Crippen LogP contribution in [0.3, 0.4) is 0 Å². The largest absolute Gasteiger partial charge is 0.497 e. The maximum absolute atomic E-state index is 12.7. The molecule has 138 valence electrons. The Morgan fingerprint density at radius 2 is 1.85 bits per heavy atom. The van der Waals surface area contributed by atoms with Gasteiger partial charge in [0.05, 0.1) is 23.3 Å². The summed E-state index contributed by atoms with van der Waals surface area (Å²) in [6.45, 7) is 2.38. The molecular weight excluding hydrogens is 364 g/mol. The van der Waals surface area contributed by atoms with Crippen molar-refractivity contribution >= 4 is 40.6 Å². The average molecular weight is 382 g/mol. The van der Waals surface area contributed by atoms with E-state index < -0.39 is 5.97 Å². The Kier molecular flexibility index (Phi) is 5.61. The van der Waals surface area contributed by atoms with Crippen molar-refractivity contribution in [3.63, 3.8) is 0 Å². The second kappa shape index (κ2) is 8.09. The molecule has 0 radical (unpaired) electrons. The molecule has 3 rings (SSSR count). The highest BCUT2D eigenvalue weighted by atomic mass is 32.2. The Morgan fingerprint density at radius 1 is 1.19 bits per heavy atom. The highest BCUT2D eigenvalue weighted by Crippen LogP contribution is 2.34. The van der Waals surface area contributed by atoms with Gasteiger partial charge in [0.1, 0.15) is 5.75 Å². The average Bonchev–Trinajstić information content (AvgIpc) is 2.97. The predicted octanol–water partition coefficient (Wildman–Crippen LogP) is 4.02. The number of thioether (sulfide) groups is 1. The molecule has 1 heterocycles. The minimum Gasteiger partial charge on any atom is -0.497 e. The number of aromatic carboxylic acids is 1. The van der Waals surface area contributed by atoms with E-state index in [1.54, 1.807) is 24.1 Å². The number of nitrogens with zero attached hydrogens (tertiary/aromatic N) is 2. The first kappa shape index (κ1) is 18.7. The molecule has 27 heavy (non-hydrogen) atoms. The molecule has 0 atom stereocenters. The fourth-order valence-electron chi connectivity index (χ4n) is 2.51. The van der Waals surface area contributed by atoms with Crippen LogP contribution in [0.4, 0.5) is 5.69 Å². The van der Waals surface area contributed by atoms with Gasteiger partial charge in [0.15, 0.2) is 5.17 Å². The summed E-state index contributed by atoms with van der Waals surface area (Å²) < 4.78 is 5.14. The summed E-state index contributed by atoms with van der Waals surface area (Å²) in [6, 6.07) is 13.7. The number of carbonyl (C=O) groups excluding carboxylic acids is 1. The number of likely N-dealkylation sites (N-methyl/N-ethyl adjacent to an activating group) is 1. The molecule has 7 heteroatoms. The molecule has 0 saturated carbocycles. The summed E-state index contributed by atoms with van der Waals surface area (Å²) in [4.78, 5) is 30.3. The maximum Gasteiger partial charge on any atom is 0.335 e. The van der Waals surface area contributed by atoms with Crippen LogP contribution < -0.4 is 4.74 Å². The van der Waals surface area contributed by atoms with Crippen LogP contribution in [0.5, 0.6) is 5.75 Å². The van der Waals surface area contributed by atoms with Crippen molar-refractivity contribution in [1.29, 1.82) is 0 Å². The van der Waals surface area contributed by atoms with E-state index in [-0.39, 0.29) is 11.5 Å². The first-order chi connectivity index (χ1) is 13.0. The van der Waals surface area contributed by atoms with E-state index in [9.17, 15) is 9.59 Å². The van der Waals surface area contributed by atoms with E-state index in [1.807, 2.05) is 37.3 Å². The van der Waals surface area contributed by atoms with Gasteiger partial charge in [-0.1, -0.05) is 12.1 Å². The quantitative estimate of drug-likeness (QED) is 0.790. The monoisotopic (exact) mass is 382 g/mol. The number of methoxy groups -OCH3 is 1. The van der Waals surface area contributed by atoms with Crippen LogP contribution >= 0.6 is 11.8 Å². The number of ether oxygens (including phenoxy) is 1. The van der Waals surface area contributed by atoms with Gasteiger partial charge in [-0.3, -0.25) is 9.69 Å². The molecule has 2 aromatic rings. The standard InChI is InChI=1S/C20H18N2O4S/c1-3-22-18(23)17(12-13-4-10-16(26-2)11-5-13)27-20(22)21-15-8-6-14(7-9-15)19(24)25/h4-12H,3H2,1-2H3,(H,24,25). The number of amidine groups is 1. The Hall–Kier alpha value is -3.06. The van der Waals surface area contributed by atoms with E-state index in [1.165, 1.54) is 23.9 Å². The Labute approximate surface area is 161 Å². The number of amides is 1. The maximum atomic E-state index is 12.7. The number of rotatable bonds is 5. The number of carboxylic acids is 1. The zero-order valence-corrected chi connectivity index (χ0v) is 15.7. The molecule has 6 nitrogen and oxygen atoms in total. The van der Waals surface area contributed by atoms with Gasteiger partial charge in [0.25, 0.3) is 5.91 Å². The molecule has 1 aliphatic heterocycles. The lowest BCUT2D eigenvalue weighted by Gasteiger charge is -2.12. The Morgan fingerprint density at radius 3 is 2.41 bits per heavy atom. The van der Waals surface area contributed by atoms with Crippen LogP contribution in [0.2, 0.25) is 0 Å². The summed E-state index contributed by atoms with van der Waals surface area (Å²) >= 11 is 1.30. The van der Waals surface area contributed by atoms with Gasteiger partial charge in [-0.25, -0.2) is 9.79 Å². The molecule has 1 amide bonds. The van der Waals surface area contributed by atoms with Crippen LogP contribution in [0.15, 0.2) is 58.4 Å². The van der Waals surface area contributed by atoms with Gasteiger partial charge in [-0.05, 0) is 66.7 Å². The van der Waals surface area contributed by atoms with Crippen LogP contribution in [-0.4, -0.2) is 40.7 Å². The molecule has 0 aliphatic carbocycles. The van der Waals surface area contributed by atoms with Crippen LogP contribution in [0.25, 0.3) is 6.08 Å². The number of aliphatic imine (C=N–C) groups is 1. The zero-order chi connectivity index (χ0) is 19.4. The Balaban J connectivity index is 1.87. The van der Waals surface area contributed by atoms with E-state index in [0.717, 1.165) is 11.3 Å². The third-order valence-electron chi connectivity index (χ3n) is 3.96. The lowest BCUT2D eigenvalue weighted by molar-refractivity contribution is -0.122.